The molecule has 1 aromatic heterocycles. The summed E-state index contributed by atoms with van der Waals surface area (Å²) in [6.07, 6.45) is 0. The van der Waals surface area contributed by atoms with Gasteiger partial charge >= 0.3 is 0 Å². The van der Waals surface area contributed by atoms with Gasteiger partial charge in [0.05, 0.1) is 0 Å². The van der Waals surface area contributed by atoms with Gasteiger partial charge < -0.3 is 15.1 Å². The highest BCUT2D eigenvalue weighted by Crippen LogP contribution is 2.22. The Balaban J connectivity index is 1.76. The van der Waals surface area contributed by atoms with E-state index in [1.165, 1.54) is 0 Å². The zero-order valence-electron chi connectivity index (χ0n) is 14.6. The number of hydrogen-bond acceptors (Lipinski definition) is 4. The smallest absolute Gasteiger partial charge is 0.276 e. The third kappa shape index (κ3) is 3.64. The fourth-order valence-corrected chi connectivity index (χ4v) is 2.60. The predicted molar refractivity (Wildman–Crippen MR) is 97.4 cm³/mol. The number of nitrogens with two attached hydrogens (primary N) is 1. The maximum atomic E-state index is 12.7. The van der Waals surface area contributed by atoms with Gasteiger partial charge in [0.1, 0.15) is 5.76 Å². The molecule has 3 aromatic rings. The van der Waals surface area contributed by atoms with Crippen molar-refractivity contribution in [1.82, 2.24) is 9.88 Å². The molecule has 0 radical (unpaired) electrons. The monoisotopic (exact) mass is 349 g/mol. The molecule has 1 heterocycles. The van der Waals surface area contributed by atoms with Crippen molar-refractivity contribution in [2.24, 2.45) is 5.73 Å². The van der Waals surface area contributed by atoms with Gasteiger partial charge in [0.15, 0.2) is 5.69 Å². The predicted octanol–water partition coefficient (Wildman–Crippen LogP) is 3.02. The van der Waals surface area contributed by atoms with Gasteiger partial charge in [-0.3, -0.25) is 9.59 Å². The molecule has 0 spiro atoms. The molecular weight excluding hydrogens is 330 g/mol. The SMILES string of the molecule is Cc1oc(-c2ccccc2)nc1C(=O)N(C)Cc1ccc(C(N)=O)cc1. The van der Waals surface area contributed by atoms with E-state index >= 15 is 0 Å². The summed E-state index contributed by atoms with van der Waals surface area (Å²) in [5.41, 5.74) is 7.66. The van der Waals surface area contributed by atoms with Gasteiger partial charge in [-0.2, -0.15) is 0 Å². The molecule has 26 heavy (non-hydrogen) atoms. The van der Waals surface area contributed by atoms with E-state index in [0.29, 0.717) is 29.5 Å². The van der Waals surface area contributed by atoms with Crippen LogP contribution >= 0.6 is 0 Å². The summed E-state index contributed by atoms with van der Waals surface area (Å²) in [5, 5.41) is 0. The van der Waals surface area contributed by atoms with Crippen molar-refractivity contribution in [3.8, 4) is 11.5 Å². The lowest BCUT2D eigenvalue weighted by atomic mass is 10.1. The van der Waals surface area contributed by atoms with E-state index in [4.69, 9.17) is 10.2 Å². The number of oxazole rings is 1. The van der Waals surface area contributed by atoms with Crippen molar-refractivity contribution in [2.75, 3.05) is 7.05 Å². The van der Waals surface area contributed by atoms with Gasteiger partial charge in [0.25, 0.3) is 5.91 Å². The third-order valence-corrected chi connectivity index (χ3v) is 4.02. The Kier molecular flexibility index (Phi) is 4.84. The molecule has 132 valence electrons. The topological polar surface area (TPSA) is 89.4 Å². The number of benzene rings is 2. The number of nitrogens with zero attached hydrogens (tertiary/aromatic N) is 2. The second kappa shape index (κ2) is 7.23. The lowest BCUT2D eigenvalue weighted by Crippen LogP contribution is -2.27. The standard InChI is InChI=1S/C20H19N3O3/c1-13-17(22-19(26-13)16-6-4-3-5-7-16)20(25)23(2)12-14-8-10-15(11-9-14)18(21)24/h3-11H,12H2,1-2H3,(H2,21,24). The van der Waals surface area contributed by atoms with Gasteiger partial charge in [0, 0.05) is 24.7 Å². The molecule has 6 heteroatoms. The van der Waals surface area contributed by atoms with Crippen molar-refractivity contribution in [3.05, 3.63) is 77.2 Å². The zero-order chi connectivity index (χ0) is 18.7. The Hall–Kier alpha value is -3.41. The fraction of sp³-hybridized carbons (Fsp3) is 0.150. The molecule has 0 aliphatic heterocycles. The van der Waals surface area contributed by atoms with Crippen molar-refractivity contribution >= 4 is 11.8 Å². The highest BCUT2D eigenvalue weighted by atomic mass is 16.4. The van der Waals surface area contributed by atoms with Crippen LogP contribution in [0.1, 0.15) is 32.2 Å². The average Bonchev–Trinajstić information content (AvgIpc) is 3.04. The molecule has 2 N–H and O–H groups in total. The number of amides is 2. The minimum absolute atomic E-state index is 0.229. The first-order valence-corrected chi connectivity index (χ1v) is 8.13. The minimum Gasteiger partial charge on any atom is -0.441 e. The summed E-state index contributed by atoms with van der Waals surface area (Å²) in [7, 11) is 1.70. The molecule has 0 aliphatic rings. The number of carbonyl (C=O) groups is 2. The van der Waals surface area contributed by atoms with Gasteiger partial charge in [-0.25, -0.2) is 4.98 Å². The number of carbonyl (C=O) groups excluding carboxylic acids is 2. The molecule has 3 rings (SSSR count). The second-order valence-corrected chi connectivity index (χ2v) is 6.01. The van der Waals surface area contributed by atoms with Crippen LogP contribution in [0.5, 0.6) is 0 Å². The van der Waals surface area contributed by atoms with Gasteiger partial charge in [-0.1, -0.05) is 30.3 Å². The summed E-state index contributed by atoms with van der Waals surface area (Å²) < 4.78 is 5.65. The maximum Gasteiger partial charge on any atom is 0.276 e. The van der Waals surface area contributed by atoms with Crippen LogP contribution in [-0.4, -0.2) is 28.7 Å². The van der Waals surface area contributed by atoms with Crippen molar-refractivity contribution in [3.63, 3.8) is 0 Å². The third-order valence-electron chi connectivity index (χ3n) is 4.02. The van der Waals surface area contributed by atoms with Crippen LogP contribution in [0.4, 0.5) is 0 Å². The molecular formula is C20H19N3O3. The molecule has 6 nitrogen and oxygen atoms in total. The Morgan fingerprint density at radius 1 is 1.08 bits per heavy atom. The van der Waals surface area contributed by atoms with E-state index in [1.807, 2.05) is 30.3 Å². The normalized spacial score (nSPS) is 10.5. The van der Waals surface area contributed by atoms with Crippen molar-refractivity contribution < 1.29 is 14.0 Å². The molecule has 0 atom stereocenters. The van der Waals surface area contributed by atoms with Crippen molar-refractivity contribution in [1.29, 1.82) is 0 Å². The zero-order valence-corrected chi connectivity index (χ0v) is 14.6. The quantitative estimate of drug-likeness (QED) is 0.767. The van der Waals surface area contributed by atoms with E-state index in [-0.39, 0.29) is 5.91 Å². The summed E-state index contributed by atoms with van der Waals surface area (Å²) >= 11 is 0. The van der Waals surface area contributed by atoms with E-state index in [2.05, 4.69) is 4.98 Å². The summed E-state index contributed by atoms with van der Waals surface area (Å²) in [6, 6.07) is 16.3. The highest BCUT2D eigenvalue weighted by Gasteiger charge is 2.21. The van der Waals surface area contributed by atoms with Crippen LogP contribution in [0.15, 0.2) is 59.0 Å². The van der Waals surface area contributed by atoms with E-state index in [0.717, 1.165) is 11.1 Å². The number of rotatable bonds is 5. The van der Waals surface area contributed by atoms with Crippen LogP contribution in [0.3, 0.4) is 0 Å². The molecule has 2 amide bonds. The number of aromatic nitrogens is 1. The Morgan fingerprint density at radius 3 is 2.35 bits per heavy atom. The first-order valence-electron chi connectivity index (χ1n) is 8.13. The van der Waals surface area contributed by atoms with Gasteiger partial charge in [-0.05, 0) is 36.8 Å². The number of primary amides is 1. The van der Waals surface area contributed by atoms with E-state index in [1.54, 1.807) is 43.1 Å². The highest BCUT2D eigenvalue weighted by molar-refractivity contribution is 5.94. The second-order valence-electron chi connectivity index (χ2n) is 6.01. The fourth-order valence-electron chi connectivity index (χ4n) is 2.60. The largest absolute Gasteiger partial charge is 0.441 e. The van der Waals surface area contributed by atoms with E-state index in [9.17, 15) is 9.59 Å². The first kappa shape index (κ1) is 17.4. The lowest BCUT2D eigenvalue weighted by Gasteiger charge is -2.16. The molecule has 2 aromatic carbocycles. The Morgan fingerprint density at radius 2 is 1.73 bits per heavy atom. The number of aryl methyl sites for hydroxylation is 1. The summed E-state index contributed by atoms with van der Waals surface area (Å²) in [5.74, 6) is 0.190. The van der Waals surface area contributed by atoms with Crippen LogP contribution in [-0.2, 0) is 6.54 Å². The lowest BCUT2D eigenvalue weighted by molar-refractivity contribution is 0.0778. The molecule has 0 unspecified atom stereocenters. The molecule has 0 bridgehead atoms. The molecule has 0 saturated carbocycles. The number of hydrogen-bond donors (Lipinski definition) is 1. The van der Waals surface area contributed by atoms with Crippen LogP contribution in [0, 0.1) is 6.92 Å². The molecule has 0 aliphatic carbocycles. The van der Waals surface area contributed by atoms with Crippen molar-refractivity contribution in [2.45, 2.75) is 13.5 Å². The van der Waals surface area contributed by atoms with Gasteiger partial charge in [0.2, 0.25) is 11.8 Å². The first-order chi connectivity index (χ1) is 12.5. The maximum absolute atomic E-state index is 12.7. The Bertz CT molecular complexity index is 931. The molecule has 0 fully saturated rings. The average molecular weight is 349 g/mol. The summed E-state index contributed by atoms with van der Waals surface area (Å²) in [4.78, 5) is 29.8. The minimum atomic E-state index is -0.479. The van der Waals surface area contributed by atoms with Crippen LogP contribution in [0.2, 0.25) is 0 Å². The van der Waals surface area contributed by atoms with Crippen LogP contribution in [0.25, 0.3) is 11.5 Å². The Labute approximate surface area is 151 Å². The van der Waals surface area contributed by atoms with Crippen LogP contribution < -0.4 is 5.73 Å². The van der Waals surface area contributed by atoms with Gasteiger partial charge in [-0.15, -0.1) is 0 Å². The molecule has 0 saturated heterocycles. The van der Waals surface area contributed by atoms with E-state index < -0.39 is 5.91 Å². The summed E-state index contributed by atoms with van der Waals surface area (Å²) in [6.45, 7) is 2.10.